The lowest BCUT2D eigenvalue weighted by Gasteiger charge is -1.90. The number of isothiocyanates is 1. The number of nitro groups is 1. The average Bonchev–Trinajstić information content (AvgIpc) is 2.06. The zero-order valence-electron chi connectivity index (χ0n) is 6.36. The summed E-state index contributed by atoms with van der Waals surface area (Å²) in [4.78, 5) is 9.63. The number of hydrogen-bond acceptors (Lipinski definition) is 4. The fraction of sp³-hybridized carbons (Fsp3) is 0. The number of hydrogen-bond donors (Lipinski definition) is 1. The van der Waals surface area contributed by atoms with Crippen LogP contribution in [0.4, 0.5) is 5.69 Å². The van der Waals surface area contributed by atoms with Gasteiger partial charge in [0.2, 0.25) is 0 Å². The molecule has 1 N–H and O–H groups in total. The number of nitrogens with zero attached hydrogens (tertiary/aromatic N) is 1. The summed E-state index contributed by atoms with van der Waals surface area (Å²) in [6.07, 6.45) is 0. The van der Waals surface area contributed by atoms with Gasteiger partial charge in [-0.05, 0) is 18.3 Å². The Morgan fingerprint density at radius 2 is 2.00 bits per heavy atom. The molecule has 0 atom stereocenters. The number of nitro benzene ring substituents is 1. The smallest absolute Gasteiger partial charge is 0.258 e. The Morgan fingerprint density at radius 1 is 1.54 bits per heavy atom. The largest absolute Gasteiger partial charge is 0.287 e. The van der Waals surface area contributed by atoms with Crippen LogP contribution in [0.3, 0.4) is 0 Å². The number of nitrogens with one attached hydrogen (secondary N) is 1. The van der Waals surface area contributed by atoms with Crippen molar-refractivity contribution < 1.29 is 4.92 Å². The molecule has 4 nitrogen and oxygen atoms in total. The van der Waals surface area contributed by atoms with Crippen LogP contribution in [0.25, 0.3) is 0 Å². The summed E-state index contributed by atoms with van der Waals surface area (Å²) in [6.45, 7) is 0. The number of para-hydroxylation sites is 1. The van der Waals surface area contributed by atoms with Crippen LogP contribution in [-0.4, -0.2) is 10.1 Å². The number of rotatable bonds is 1. The molecule has 0 bridgehead atoms. The van der Waals surface area contributed by atoms with Crippen LogP contribution in [0.15, 0.2) is 24.3 Å². The molecule has 1 aromatic carbocycles. The fourth-order valence-electron chi connectivity index (χ4n) is 0.600. The van der Waals surface area contributed by atoms with Gasteiger partial charge >= 0.3 is 0 Å². The first-order valence-electron chi connectivity index (χ1n) is 3.06. The molecule has 0 aliphatic carbocycles. The van der Waals surface area contributed by atoms with E-state index in [2.05, 4.69) is 12.2 Å². The van der Waals surface area contributed by atoms with E-state index in [0.29, 0.717) is 0 Å². The minimum absolute atomic E-state index is 0.0517. The zero-order chi connectivity index (χ0) is 10.3. The van der Waals surface area contributed by atoms with Gasteiger partial charge in [0.15, 0.2) is 0 Å². The Hall–Kier alpha value is -1.29. The Morgan fingerprint density at radius 3 is 2.31 bits per heavy atom. The zero-order valence-corrected chi connectivity index (χ0v) is 7.93. The highest BCUT2D eigenvalue weighted by Crippen LogP contribution is 2.21. The summed E-state index contributed by atoms with van der Waals surface area (Å²) in [5, 5.41) is 17.7. The van der Waals surface area contributed by atoms with Crippen LogP contribution in [0.5, 0.6) is 0 Å². The van der Waals surface area contributed by atoms with Crippen LogP contribution in [0.2, 0.25) is 5.02 Å². The van der Waals surface area contributed by atoms with E-state index >= 15 is 0 Å². The monoisotopic (exact) mass is 216 g/mol. The Bertz CT molecular complexity index is 337. The van der Waals surface area contributed by atoms with Crippen molar-refractivity contribution in [1.82, 2.24) is 0 Å². The van der Waals surface area contributed by atoms with Gasteiger partial charge in [0.25, 0.3) is 5.69 Å². The van der Waals surface area contributed by atoms with E-state index in [1.807, 2.05) is 0 Å². The van der Waals surface area contributed by atoms with Crippen molar-refractivity contribution in [3.05, 3.63) is 39.4 Å². The van der Waals surface area contributed by atoms with Crippen molar-refractivity contribution in [2.24, 2.45) is 0 Å². The van der Waals surface area contributed by atoms with E-state index in [4.69, 9.17) is 17.0 Å². The highest BCUT2D eigenvalue weighted by molar-refractivity contribution is 7.78. The van der Waals surface area contributed by atoms with Crippen molar-refractivity contribution in [1.29, 1.82) is 5.41 Å². The summed E-state index contributed by atoms with van der Waals surface area (Å²) in [5.41, 5.74) is -0.0517. The molecule has 0 heterocycles. The highest BCUT2D eigenvalue weighted by atomic mass is 35.5. The lowest BCUT2D eigenvalue weighted by atomic mass is 10.3. The van der Waals surface area contributed by atoms with Gasteiger partial charge in [0.1, 0.15) is 5.02 Å². The van der Waals surface area contributed by atoms with Crippen molar-refractivity contribution >= 4 is 34.7 Å². The first kappa shape index (κ1) is 11.7. The molecule has 0 radical (unpaired) electrons. The first-order valence-corrected chi connectivity index (χ1v) is 3.85. The predicted octanol–water partition coefficient (Wildman–Crippen LogP) is 2.92. The third kappa shape index (κ3) is 4.32. The quantitative estimate of drug-likeness (QED) is 0.340. The standard InChI is InChI=1S/C6H4ClNO2.CHNS/c7-5-3-1-2-4-6(5)8(9)10;2-1-3/h1-4H;2H. The SMILES string of the molecule is N=C=S.O=[N+]([O-])c1ccccc1Cl. The maximum Gasteiger partial charge on any atom is 0.287 e. The van der Waals surface area contributed by atoms with Gasteiger partial charge in [-0.25, -0.2) is 5.41 Å². The van der Waals surface area contributed by atoms with E-state index in [1.165, 1.54) is 12.1 Å². The van der Waals surface area contributed by atoms with Gasteiger partial charge in [0.05, 0.1) is 10.1 Å². The molecule has 0 aliphatic rings. The van der Waals surface area contributed by atoms with Gasteiger partial charge in [-0.1, -0.05) is 23.7 Å². The maximum absolute atomic E-state index is 10.1. The van der Waals surface area contributed by atoms with E-state index < -0.39 is 4.92 Å². The van der Waals surface area contributed by atoms with Crippen LogP contribution in [0.1, 0.15) is 0 Å². The molecule has 1 rings (SSSR count). The normalized spacial score (nSPS) is 7.77. The van der Waals surface area contributed by atoms with Gasteiger partial charge in [0, 0.05) is 6.07 Å². The average molecular weight is 217 g/mol. The van der Waals surface area contributed by atoms with Gasteiger partial charge < -0.3 is 0 Å². The lowest BCUT2D eigenvalue weighted by Crippen LogP contribution is -1.87. The second kappa shape index (κ2) is 6.25. The molecule has 0 spiro atoms. The van der Waals surface area contributed by atoms with Crippen LogP contribution < -0.4 is 0 Å². The summed E-state index contributed by atoms with van der Waals surface area (Å²) < 4.78 is 0. The van der Waals surface area contributed by atoms with Crippen LogP contribution in [0, 0.1) is 15.5 Å². The molecule has 13 heavy (non-hydrogen) atoms. The summed E-state index contributed by atoms with van der Waals surface area (Å²) >= 11 is 9.29. The Balaban J connectivity index is 0.000000424. The molecular formula is C7H5ClN2O2S. The van der Waals surface area contributed by atoms with Crippen molar-refractivity contribution in [3.8, 4) is 0 Å². The van der Waals surface area contributed by atoms with E-state index in [1.54, 1.807) is 17.3 Å². The van der Waals surface area contributed by atoms with E-state index in [9.17, 15) is 10.1 Å². The molecule has 0 saturated heterocycles. The first-order chi connectivity index (χ1) is 6.13. The third-order valence-corrected chi connectivity index (χ3v) is 1.37. The lowest BCUT2D eigenvalue weighted by molar-refractivity contribution is -0.384. The van der Waals surface area contributed by atoms with Crippen LogP contribution in [-0.2, 0) is 0 Å². The molecule has 0 amide bonds. The predicted molar refractivity (Wildman–Crippen MR) is 53.4 cm³/mol. The summed E-state index contributed by atoms with van der Waals surface area (Å²) in [6, 6.07) is 6.07. The minimum Gasteiger partial charge on any atom is -0.258 e. The Labute approximate surface area is 84.8 Å². The second-order valence-electron chi connectivity index (χ2n) is 1.81. The highest BCUT2D eigenvalue weighted by Gasteiger charge is 2.08. The summed E-state index contributed by atoms with van der Waals surface area (Å²) in [7, 11) is 0. The van der Waals surface area contributed by atoms with Gasteiger partial charge in [-0.3, -0.25) is 10.1 Å². The number of thiocarbonyl (C=S) groups is 1. The molecule has 1 aromatic rings. The molecule has 0 aromatic heterocycles. The number of benzene rings is 1. The Kier molecular flexibility index (Phi) is 5.63. The minimum atomic E-state index is -0.512. The molecular weight excluding hydrogens is 212 g/mol. The van der Waals surface area contributed by atoms with Crippen molar-refractivity contribution in [2.45, 2.75) is 0 Å². The van der Waals surface area contributed by atoms with Gasteiger partial charge in [-0.2, -0.15) is 0 Å². The molecule has 0 fully saturated rings. The number of halogens is 1. The van der Waals surface area contributed by atoms with Gasteiger partial charge in [-0.15, -0.1) is 0 Å². The van der Waals surface area contributed by atoms with E-state index in [0.717, 1.165) is 0 Å². The summed E-state index contributed by atoms with van der Waals surface area (Å²) in [5.74, 6) is 0. The van der Waals surface area contributed by atoms with Crippen molar-refractivity contribution in [2.75, 3.05) is 0 Å². The molecule has 68 valence electrons. The molecule has 6 heteroatoms. The second-order valence-corrected chi connectivity index (χ2v) is 2.42. The van der Waals surface area contributed by atoms with Crippen LogP contribution >= 0.6 is 23.8 Å². The topological polar surface area (TPSA) is 67.0 Å². The maximum atomic E-state index is 10.1. The molecule has 0 aliphatic heterocycles. The van der Waals surface area contributed by atoms with Crippen molar-refractivity contribution in [3.63, 3.8) is 0 Å². The van der Waals surface area contributed by atoms with E-state index in [-0.39, 0.29) is 10.7 Å². The molecule has 0 saturated carbocycles. The molecule has 0 unspecified atom stereocenters. The third-order valence-electron chi connectivity index (χ3n) is 1.05. The fourth-order valence-corrected chi connectivity index (χ4v) is 0.805.